The van der Waals surface area contributed by atoms with Crippen molar-refractivity contribution in [1.29, 1.82) is 0 Å². The maximum absolute atomic E-state index is 11.8. The van der Waals surface area contributed by atoms with Gasteiger partial charge < -0.3 is 9.57 Å². The number of rotatable bonds is 3. The molecular formula is C16H22ClNO3. The fourth-order valence-electron chi connectivity index (χ4n) is 2.03. The van der Waals surface area contributed by atoms with Crippen LogP contribution in [-0.4, -0.2) is 30.2 Å². The predicted octanol–water partition coefficient (Wildman–Crippen LogP) is 3.69. The van der Waals surface area contributed by atoms with Crippen molar-refractivity contribution >= 4 is 17.6 Å². The summed E-state index contributed by atoms with van der Waals surface area (Å²) >= 11 is 5.94. The van der Waals surface area contributed by atoms with Gasteiger partial charge in [0.25, 0.3) is 0 Å². The first-order valence-electron chi connectivity index (χ1n) is 7.24. The van der Waals surface area contributed by atoms with Crippen LogP contribution in [0.3, 0.4) is 0 Å². The van der Waals surface area contributed by atoms with Gasteiger partial charge in [-0.3, -0.25) is 0 Å². The number of benzene rings is 1. The third kappa shape index (κ3) is 4.90. The Hall–Kier alpha value is -1.26. The van der Waals surface area contributed by atoms with E-state index >= 15 is 0 Å². The average molecular weight is 312 g/mol. The number of hydrogen-bond acceptors (Lipinski definition) is 4. The number of carbonyl (C=O) groups is 1. The van der Waals surface area contributed by atoms with Crippen LogP contribution in [-0.2, 0) is 9.63 Å². The number of hydrogen-bond donors (Lipinski definition) is 0. The molecule has 1 heterocycles. The van der Waals surface area contributed by atoms with E-state index in [2.05, 4.69) is 0 Å². The van der Waals surface area contributed by atoms with Gasteiger partial charge in [-0.2, -0.15) is 0 Å². The lowest BCUT2D eigenvalue weighted by Crippen LogP contribution is -2.41. The van der Waals surface area contributed by atoms with E-state index in [-0.39, 0.29) is 12.1 Å². The molecule has 1 fully saturated rings. The van der Waals surface area contributed by atoms with E-state index in [0.717, 1.165) is 18.6 Å². The molecule has 0 unspecified atom stereocenters. The van der Waals surface area contributed by atoms with Gasteiger partial charge in [0, 0.05) is 31.0 Å². The maximum atomic E-state index is 11.8. The van der Waals surface area contributed by atoms with Crippen LogP contribution in [0.4, 0.5) is 0 Å². The third-order valence-electron chi connectivity index (χ3n) is 3.32. The average Bonchev–Trinajstić information content (AvgIpc) is 2.40. The second-order valence-corrected chi connectivity index (χ2v) is 6.77. The quantitative estimate of drug-likeness (QED) is 0.853. The minimum Gasteiger partial charge on any atom is -0.490 e. The molecule has 0 saturated carbocycles. The number of ether oxygens (including phenoxy) is 1. The number of carbonyl (C=O) groups excluding carboxylic acids is 1. The Morgan fingerprint density at radius 1 is 1.29 bits per heavy atom. The van der Waals surface area contributed by atoms with Crippen LogP contribution in [0.25, 0.3) is 0 Å². The second kappa shape index (κ2) is 6.67. The zero-order valence-electron chi connectivity index (χ0n) is 12.8. The number of hydroxylamine groups is 2. The molecule has 5 heteroatoms. The smallest absolute Gasteiger partial charge is 0.330 e. The Labute approximate surface area is 130 Å². The molecule has 0 bridgehead atoms. The highest BCUT2D eigenvalue weighted by Gasteiger charge is 2.28. The van der Waals surface area contributed by atoms with E-state index in [1.807, 2.05) is 45.0 Å². The summed E-state index contributed by atoms with van der Waals surface area (Å²) in [6.07, 6.45) is 1.78. The molecule has 21 heavy (non-hydrogen) atoms. The van der Waals surface area contributed by atoms with Crippen LogP contribution in [0.5, 0.6) is 5.75 Å². The van der Waals surface area contributed by atoms with Crippen LogP contribution in [0.2, 0.25) is 5.02 Å². The summed E-state index contributed by atoms with van der Waals surface area (Å²) in [4.78, 5) is 17.2. The summed E-state index contributed by atoms with van der Waals surface area (Å²) in [7, 11) is 0. The second-order valence-electron chi connectivity index (χ2n) is 6.33. The van der Waals surface area contributed by atoms with Crippen molar-refractivity contribution in [3.63, 3.8) is 0 Å². The van der Waals surface area contributed by atoms with Gasteiger partial charge in [0.2, 0.25) is 0 Å². The van der Waals surface area contributed by atoms with Crippen LogP contribution >= 0.6 is 11.6 Å². The van der Waals surface area contributed by atoms with Crippen molar-refractivity contribution in [2.24, 2.45) is 5.41 Å². The molecule has 0 amide bonds. The Bertz CT molecular complexity index is 491. The van der Waals surface area contributed by atoms with Gasteiger partial charge in [-0.05, 0) is 39.0 Å². The highest BCUT2D eigenvalue weighted by molar-refractivity contribution is 6.30. The molecule has 0 atom stereocenters. The minimum absolute atomic E-state index is 0.132. The fourth-order valence-corrected chi connectivity index (χ4v) is 2.21. The molecule has 2 rings (SSSR count). The van der Waals surface area contributed by atoms with Gasteiger partial charge in [0.05, 0.1) is 5.41 Å². The number of piperidine rings is 1. The lowest BCUT2D eigenvalue weighted by molar-refractivity contribution is -0.207. The first-order valence-corrected chi connectivity index (χ1v) is 7.62. The molecule has 1 aromatic rings. The predicted molar refractivity (Wildman–Crippen MR) is 82.2 cm³/mol. The van der Waals surface area contributed by atoms with Crippen molar-refractivity contribution < 1.29 is 14.4 Å². The topological polar surface area (TPSA) is 38.8 Å². The maximum Gasteiger partial charge on any atom is 0.330 e. The van der Waals surface area contributed by atoms with E-state index in [1.165, 1.54) is 0 Å². The number of nitrogens with zero attached hydrogens (tertiary/aromatic N) is 1. The molecular weight excluding hydrogens is 290 g/mol. The lowest BCUT2D eigenvalue weighted by atomic mass is 9.98. The first kappa shape index (κ1) is 16.1. The highest BCUT2D eigenvalue weighted by Crippen LogP contribution is 2.23. The largest absolute Gasteiger partial charge is 0.490 e. The summed E-state index contributed by atoms with van der Waals surface area (Å²) in [6, 6.07) is 7.41. The molecule has 1 aliphatic heterocycles. The van der Waals surface area contributed by atoms with Crippen molar-refractivity contribution in [3.8, 4) is 5.75 Å². The SMILES string of the molecule is CC(C)(C)C(=O)ON1CCC(Oc2cccc(Cl)c2)CC1. The molecule has 1 aliphatic rings. The molecule has 0 aliphatic carbocycles. The monoisotopic (exact) mass is 311 g/mol. The van der Waals surface area contributed by atoms with Gasteiger partial charge >= 0.3 is 5.97 Å². The zero-order valence-corrected chi connectivity index (χ0v) is 13.5. The molecule has 0 radical (unpaired) electrons. The highest BCUT2D eigenvalue weighted by atomic mass is 35.5. The van der Waals surface area contributed by atoms with Crippen LogP contribution < -0.4 is 4.74 Å². The standard InChI is InChI=1S/C16H22ClNO3/c1-16(2,3)15(19)21-18-9-7-13(8-10-18)20-14-6-4-5-12(17)11-14/h4-6,11,13H,7-10H2,1-3H3. The van der Waals surface area contributed by atoms with Gasteiger partial charge in [-0.15, -0.1) is 5.06 Å². The summed E-state index contributed by atoms with van der Waals surface area (Å²) < 4.78 is 5.91. The summed E-state index contributed by atoms with van der Waals surface area (Å²) in [6.45, 7) is 6.93. The molecule has 4 nitrogen and oxygen atoms in total. The first-order chi connectivity index (χ1) is 9.84. The molecule has 1 aromatic carbocycles. The summed E-state index contributed by atoms with van der Waals surface area (Å²) in [5, 5.41) is 2.40. The molecule has 0 aromatic heterocycles. The fraction of sp³-hybridized carbons (Fsp3) is 0.562. The van der Waals surface area contributed by atoms with E-state index in [1.54, 1.807) is 5.06 Å². The van der Waals surface area contributed by atoms with Crippen LogP contribution in [0.15, 0.2) is 24.3 Å². The third-order valence-corrected chi connectivity index (χ3v) is 3.56. The van der Waals surface area contributed by atoms with E-state index in [4.69, 9.17) is 21.2 Å². The van der Waals surface area contributed by atoms with Crippen LogP contribution in [0, 0.1) is 5.41 Å². The van der Waals surface area contributed by atoms with Crippen LogP contribution in [0.1, 0.15) is 33.6 Å². The van der Waals surface area contributed by atoms with Crippen molar-refractivity contribution in [1.82, 2.24) is 5.06 Å². The van der Waals surface area contributed by atoms with Crippen molar-refractivity contribution in [2.45, 2.75) is 39.7 Å². The van der Waals surface area contributed by atoms with Crippen molar-refractivity contribution in [3.05, 3.63) is 29.3 Å². The Morgan fingerprint density at radius 3 is 2.52 bits per heavy atom. The Morgan fingerprint density at radius 2 is 1.95 bits per heavy atom. The van der Waals surface area contributed by atoms with E-state index in [0.29, 0.717) is 18.1 Å². The Kier molecular flexibility index (Phi) is 5.12. The van der Waals surface area contributed by atoms with Crippen molar-refractivity contribution in [2.75, 3.05) is 13.1 Å². The molecule has 116 valence electrons. The van der Waals surface area contributed by atoms with Gasteiger partial charge in [-0.25, -0.2) is 4.79 Å². The van der Waals surface area contributed by atoms with Gasteiger partial charge in [-0.1, -0.05) is 17.7 Å². The summed E-state index contributed by atoms with van der Waals surface area (Å²) in [5.74, 6) is 0.587. The van der Waals surface area contributed by atoms with Gasteiger partial charge in [0.15, 0.2) is 0 Å². The molecule has 0 N–H and O–H groups in total. The zero-order chi connectivity index (χ0) is 15.5. The number of halogens is 1. The Balaban J connectivity index is 1.80. The van der Waals surface area contributed by atoms with Gasteiger partial charge in [0.1, 0.15) is 11.9 Å². The lowest BCUT2D eigenvalue weighted by Gasteiger charge is -2.32. The van der Waals surface area contributed by atoms with E-state index < -0.39 is 5.41 Å². The normalized spacial score (nSPS) is 17.5. The molecule has 1 saturated heterocycles. The van der Waals surface area contributed by atoms with E-state index in [9.17, 15) is 4.79 Å². The minimum atomic E-state index is -0.478. The summed E-state index contributed by atoms with van der Waals surface area (Å²) in [5.41, 5.74) is -0.478. The molecule has 0 spiro atoms.